The maximum absolute atomic E-state index is 3.60. The fourth-order valence-corrected chi connectivity index (χ4v) is 3.55. The zero-order chi connectivity index (χ0) is 12.7. The molecular weight excluding hydrogens is 208 g/mol. The lowest BCUT2D eigenvalue weighted by Crippen LogP contribution is -2.56. The highest BCUT2D eigenvalue weighted by molar-refractivity contribution is 5.01. The van der Waals surface area contributed by atoms with Crippen molar-refractivity contribution in [3.05, 3.63) is 0 Å². The van der Waals surface area contributed by atoms with Crippen LogP contribution in [0.15, 0.2) is 0 Å². The standard InChI is InChI=1S/C15H32N2/c1-5-6-7-8-11-14(16-2)15(17(3)4)12-9-10-13-15/h14,16H,5-13H2,1-4H3. The number of nitrogens with one attached hydrogen (secondary N) is 1. The molecule has 0 saturated heterocycles. The molecule has 2 heteroatoms. The predicted molar refractivity (Wildman–Crippen MR) is 76.5 cm³/mol. The summed E-state index contributed by atoms with van der Waals surface area (Å²) in [5.74, 6) is 0. The summed E-state index contributed by atoms with van der Waals surface area (Å²) in [5, 5.41) is 3.60. The van der Waals surface area contributed by atoms with Gasteiger partial charge in [0.15, 0.2) is 0 Å². The molecule has 0 aromatic heterocycles. The van der Waals surface area contributed by atoms with E-state index in [1.807, 2.05) is 0 Å². The van der Waals surface area contributed by atoms with Crippen LogP contribution in [0.1, 0.15) is 64.7 Å². The molecule has 1 N–H and O–H groups in total. The average Bonchev–Trinajstić information content (AvgIpc) is 2.79. The molecule has 0 aromatic rings. The van der Waals surface area contributed by atoms with Crippen LogP contribution in [0.25, 0.3) is 0 Å². The smallest absolute Gasteiger partial charge is 0.0356 e. The number of hydrogen-bond donors (Lipinski definition) is 1. The molecule has 1 unspecified atom stereocenters. The zero-order valence-corrected chi connectivity index (χ0v) is 12.4. The minimum absolute atomic E-state index is 0.432. The van der Waals surface area contributed by atoms with Crippen LogP contribution in [0, 0.1) is 0 Å². The zero-order valence-electron chi connectivity index (χ0n) is 12.4. The van der Waals surface area contributed by atoms with Crippen LogP contribution in [0.4, 0.5) is 0 Å². The van der Waals surface area contributed by atoms with Gasteiger partial charge in [-0.15, -0.1) is 0 Å². The molecule has 1 fully saturated rings. The van der Waals surface area contributed by atoms with Crippen molar-refractivity contribution in [2.24, 2.45) is 0 Å². The van der Waals surface area contributed by atoms with E-state index in [1.54, 1.807) is 0 Å². The summed E-state index contributed by atoms with van der Waals surface area (Å²) in [5.41, 5.74) is 0.432. The number of hydrogen-bond acceptors (Lipinski definition) is 2. The third-order valence-electron chi connectivity index (χ3n) is 4.70. The molecule has 17 heavy (non-hydrogen) atoms. The second-order valence-electron chi connectivity index (χ2n) is 5.90. The van der Waals surface area contributed by atoms with Crippen molar-refractivity contribution in [3.63, 3.8) is 0 Å². The molecule has 102 valence electrons. The van der Waals surface area contributed by atoms with Gasteiger partial charge in [0, 0.05) is 11.6 Å². The molecule has 0 aliphatic heterocycles. The fraction of sp³-hybridized carbons (Fsp3) is 1.00. The van der Waals surface area contributed by atoms with E-state index in [0.29, 0.717) is 11.6 Å². The minimum atomic E-state index is 0.432. The lowest BCUT2D eigenvalue weighted by molar-refractivity contribution is 0.102. The van der Waals surface area contributed by atoms with E-state index >= 15 is 0 Å². The van der Waals surface area contributed by atoms with Crippen molar-refractivity contribution in [2.75, 3.05) is 21.1 Å². The van der Waals surface area contributed by atoms with Crippen LogP contribution in [-0.2, 0) is 0 Å². The molecule has 0 aromatic carbocycles. The first-order valence-electron chi connectivity index (χ1n) is 7.52. The van der Waals surface area contributed by atoms with Crippen LogP contribution >= 0.6 is 0 Å². The largest absolute Gasteiger partial charge is 0.315 e. The van der Waals surface area contributed by atoms with Gasteiger partial charge in [-0.05, 0) is 40.4 Å². The highest BCUT2D eigenvalue weighted by atomic mass is 15.2. The molecule has 1 atom stereocenters. The fourth-order valence-electron chi connectivity index (χ4n) is 3.55. The normalized spacial score (nSPS) is 21.0. The van der Waals surface area contributed by atoms with Gasteiger partial charge < -0.3 is 10.2 Å². The Morgan fingerprint density at radius 2 is 1.76 bits per heavy atom. The minimum Gasteiger partial charge on any atom is -0.315 e. The number of nitrogens with zero attached hydrogens (tertiary/aromatic N) is 1. The van der Waals surface area contributed by atoms with E-state index in [0.717, 1.165) is 0 Å². The van der Waals surface area contributed by atoms with Crippen LogP contribution in [0.2, 0.25) is 0 Å². The van der Waals surface area contributed by atoms with Gasteiger partial charge in [0.1, 0.15) is 0 Å². The molecule has 1 aliphatic carbocycles. The Bertz CT molecular complexity index is 195. The van der Waals surface area contributed by atoms with Gasteiger partial charge in [0.25, 0.3) is 0 Å². The summed E-state index contributed by atoms with van der Waals surface area (Å²) < 4.78 is 0. The summed E-state index contributed by atoms with van der Waals surface area (Å²) in [7, 11) is 6.68. The Morgan fingerprint density at radius 1 is 1.12 bits per heavy atom. The summed E-state index contributed by atoms with van der Waals surface area (Å²) in [6.45, 7) is 2.29. The van der Waals surface area contributed by atoms with Crippen LogP contribution in [-0.4, -0.2) is 37.6 Å². The summed E-state index contributed by atoms with van der Waals surface area (Å²) in [6, 6.07) is 0.678. The average molecular weight is 240 g/mol. The number of unbranched alkanes of at least 4 members (excludes halogenated alkanes) is 3. The van der Waals surface area contributed by atoms with E-state index in [1.165, 1.54) is 57.8 Å². The van der Waals surface area contributed by atoms with Gasteiger partial charge in [-0.3, -0.25) is 0 Å². The Kier molecular flexibility index (Phi) is 6.50. The topological polar surface area (TPSA) is 15.3 Å². The van der Waals surface area contributed by atoms with Crippen LogP contribution in [0.5, 0.6) is 0 Å². The van der Waals surface area contributed by atoms with Gasteiger partial charge >= 0.3 is 0 Å². The van der Waals surface area contributed by atoms with E-state index < -0.39 is 0 Å². The molecular formula is C15H32N2. The summed E-state index contributed by atoms with van der Waals surface area (Å²) >= 11 is 0. The quantitative estimate of drug-likeness (QED) is 0.654. The predicted octanol–water partition coefficient (Wildman–Crippen LogP) is 3.42. The Labute approximate surface area is 108 Å². The maximum Gasteiger partial charge on any atom is 0.0356 e. The highest BCUT2D eigenvalue weighted by Crippen LogP contribution is 2.38. The van der Waals surface area contributed by atoms with Gasteiger partial charge in [-0.2, -0.15) is 0 Å². The molecule has 1 aliphatic rings. The van der Waals surface area contributed by atoms with Crippen molar-refractivity contribution >= 4 is 0 Å². The molecule has 0 radical (unpaired) electrons. The summed E-state index contributed by atoms with van der Waals surface area (Å²) in [6.07, 6.45) is 12.4. The number of rotatable bonds is 8. The monoisotopic (exact) mass is 240 g/mol. The van der Waals surface area contributed by atoms with Crippen LogP contribution in [0.3, 0.4) is 0 Å². The molecule has 0 amide bonds. The summed E-state index contributed by atoms with van der Waals surface area (Å²) in [4.78, 5) is 2.49. The van der Waals surface area contributed by atoms with Crippen molar-refractivity contribution in [1.29, 1.82) is 0 Å². The Morgan fingerprint density at radius 3 is 2.24 bits per heavy atom. The third-order valence-corrected chi connectivity index (χ3v) is 4.70. The lowest BCUT2D eigenvalue weighted by Gasteiger charge is -2.43. The third kappa shape index (κ3) is 3.69. The Balaban J connectivity index is 2.51. The van der Waals surface area contributed by atoms with E-state index in [2.05, 4.69) is 38.3 Å². The first-order chi connectivity index (χ1) is 8.17. The van der Waals surface area contributed by atoms with Crippen molar-refractivity contribution in [2.45, 2.75) is 76.3 Å². The van der Waals surface area contributed by atoms with Crippen molar-refractivity contribution in [3.8, 4) is 0 Å². The molecule has 0 heterocycles. The molecule has 0 spiro atoms. The van der Waals surface area contributed by atoms with E-state index in [9.17, 15) is 0 Å². The van der Waals surface area contributed by atoms with Crippen LogP contribution < -0.4 is 5.32 Å². The number of likely N-dealkylation sites (N-methyl/N-ethyl adjacent to an activating group) is 2. The van der Waals surface area contributed by atoms with Gasteiger partial charge in [-0.1, -0.05) is 45.4 Å². The molecule has 1 rings (SSSR count). The molecule has 2 nitrogen and oxygen atoms in total. The molecule has 1 saturated carbocycles. The highest BCUT2D eigenvalue weighted by Gasteiger charge is 2.41. The first kappa shape index (κ1) is 15.0. The van der Waals surface area contributed by atoms with Gasteiger partial charge in [0.2, 0.25) is 0 Å². The second-order valence-corrected chi connectivity index (χ2v) is 5.90. The molecule has 0 bridgehead atoms. The van der Waals surface area contributed by atoms with E-state index in [4.69, 9.17) is 0 Å². The van der Waals surface area contributed by atoms with E-state index in [-0.39, 0.29) is 0 Å². The van der Waals surface area contributed by atoms with Crippen molar-refractivity contribution in [1.82, 2.24) is 10.2 Å². The second kappa shape index (κ2) is 7.38. The van der Waals surface area contributed by atoms with Gasteiger partial charge in [-0.25, -0.2) is 0 Å². The van der Waals surface area contributed by atoms with Gasteiger partial charge in [0.05, 0.1) is 0 Å². The van der Waals surface area contributed by atoms with Crippen molar-refractivity contribution < 1.29 is 0 Å². The maximum atomic E-state index is 3.60. The first-order valence-corrected chi connectivity index (χ1v) is 7.52. The SMILES string of the molecule is CCCCCCC(NC)C1(N(C)C)CCCC1. The Hall–Kier alpha value is -0.0800. The lowest BCUT2D eigenvalue weighted by atomic mass is 9.83.